The molecule has 6 heteroatoms. The van der Waals surface area contributed by atoms with Crippen molar-refractivity contribution < 1.29 is 14.7 Å². The summed E-state index contributed by atoms with van der Waals surface area (Å²) in [5.74, 6) is -0.717. The molecule has 1 saturated carbocycles. The van der Waals surface area contributed by atoms with E-state index < -0.39 is 11.4 Å². The normalized spacial score (nSPS) is 26.5. The van der Waals surface area contributed by atoms with E-state index in [0.717, 1.165) is 37.9 Å². The Labute approximate surface area is 136 Å². The molecule has 2 atom stereocenters. The fraction of sp³-hybridized carbons (Fsp3) is 0.706. The van der Waals surface area contributed by atoms with Crippen LogP contribution in [0.15, 0.2) is 6.20 Å². The van der Waals surface area contributed by atoms with Gasteiger partial charge in [-0.2, -0.15) is 5.10 Å². The minimum atomic E-state index is -0.745. The molecule has 1 aliphatic carbocycles. The van der Waals surface area contributed by atoms with Crippen LogP contribution in [0.5, 0.6) is 0 Å². The number of carbonyl (C=O) groups is 2. The molecule has 126 valence electrons. The van der Waals surface area contributed by atoms with Gasteiger partial charge in [-0.25, -0.2) is 0 Å². The van der Waals surface area contributed by atoms with Crippen LogP contribution in [0.4, 0.5) is 0 Å². The van der Waals surface area contributed by atoms with Gasteiger partial charge in [0.25, 0.3) is 5.91 Å². The molecule has 0 spiro atoms. The van der Waals surface area contributed by atoms with Crippen molar-refractivity contribution in [3.05, 3.63) is 17.5 Å². The highest BCUT2D eigenvalue weighted by atomic mass is 16.4. The maximum Gasteiger partial charge on any atom is 0.311 e. The molecule has 3 rings (SSSR count). The fourth-order valence-corrected chi connectivity index (χ4v) is 4.13. The number of fused-ring (bicyclic) bond motifs is 1. The molecule has 0 bridgehead atoms. The van der Waals surface area contributed by atoms with Gasteiger partial charge in [-0.1, -0.05) is 19.8 Å². The first-order chi connectivity index (χ1) is 11.0. The van der Waals surface area contributed by atoms with Crippen LogP contribution in [0.3, 0.4) is 0 Å². The van der Waals surface area contributed by atoms with Crippen LogP contribution < -0.4 is 0 Å². The number of aliphatic carboxylic acids is 1. The second-order valence-electron chi connectivity index (χ2n) is 6.98. The van der Waals surface area contributed by atoms with E-state index in [4.69, 9.17) is 0 Å². The van der Waals surface area contributed by atoms with E-state index in [1.165, 1.54) is 0 Å². The van der Waals surface area contributed by atoms with E-state index in [2.05, 4.69) is 12.0 Å². The number of hydrogen-bond acceptors (Lipinski definition) is 3. The number of nitrogens with zero attached hydrogens (tertiary/aromatic N) is 3. The molecular formula is C17H25N3O3. The SMILES string of the molecule is CCCCn1cc(C(=O)N2C[C@@H]3CCC[C@@]3(C(=O)O)C2)c(C)n1. The fourth-order valence-electron chi connectivity index (χ4n) is 4.13. The van der Waals surface area contributed by atoms with Crippen LogP contribution >= 0.6 is 0 Å². The molecule has 23 heavy (non-hydrogen) atoms. The van der Waals surface area contributed by atoms with Gasteiger partial charge < -0.3 is 10.0 Å². The number of aryl methyl sites for hydroxylation is 2. The summed E-state index contributed by atoms with van der Waals surface area (Å²) >= 11 is 0. The molecule has 1 aromatic heterocycles. The number of carboxylic acids is 1. The van der Waals surface area contributed by atoms with Crippen molar-refractivity contribution in [1.29, 1.82) is 0 Å². The molecule has 2 aliphatic rings. The Morgan fingerprint density at radius 3 is 2.91 bits per heavy atom. The summed E-state index contributed by atoms with van der Waals surface area (Å²) in [5, 5.41) is 14.1. The smallest absolute Gasteiger partial charge is 0.311 e. The Balaban J connectivity index is 1.77. The van der Waals surface area contributed by atoms with Gasteiger partial charge in [0.1, 0.15) is 0 Å². The van der Waals surface area contributed by atoms with Crippen molar-refractivity contribution in [1.82, 2.24) is 14.7 Å². The topological polar surface area (TPSA) is 75.4 Å². The van der Waals surface area contributed by atoms with E-state index in [1.54, 1.807) is 4.90 Å². The van der Waals surface area contributed by atoms with Crippen LogP contribution in [0, 0.1) is 18.3 Å². The van der Waals surface area contributed by atoms with Crippen LogP contribution in [0.25, 0.3) is 0 Å². The Kier molecular flexibility index (Phi) is 4.17. The van der Waals surface area contributed by atoms with Gasteiger partial charge in [-0.3, -0.25) is 14.3 Å². The largest absolute Gasteiger partial charge is 0.481 e. The molecule has 2 fully saturated rings. The second kappa shape index (κ2) is 5.98. The van der Waals surface area contributed by atoms with E-state index in [0.29, 0.717) is 25.1 Å². The number of hydrogen-bond donors (Lipinski definition) is 1. The zero-order valence-electron chi connectivity index (χ0n) is 13.9. The van der Waals surface area contributed by atoms with Crippen LogP contribution in [0.2, 0.25) is 0 Å². The number of aromatic nitrogens is 2. The third kappa shape index (κ3) is 2.64. The number of carboxylic acid groups (broad SMARTS) is 1. The molecule has 1 aromatic rings. The first-order valence-corrected chi connectivity index (χ1v) is 8.54. The molecule has 0 aromatic carbocycles. The van der Waals surface area contributed by atoms with Gasteiger partial charge in [0, 0.05) is 25.8 Å². The van der Waals surface area contributed by atoms with E-state index in [-0.39, 0.29) is 11.8 Å². The number of unbranched alkanes of at least 4 members (excludes halogenated alkanes) is 1. The quantitative estimate of drug-likeness (QED) is 0.903. The lowest BCUT2D eigenvalue weighted by molar-refractivity contribution is -0.149. The lowest BCUT2D eigenvalue weighted by atomic mass is 9.81. The summed E-state index contributed by atoms with van der Waals surface area (Å²) < 4.78 is 1.83. The Bertz CT molecular complexity index is 625. The maximum atomic E-state index is 12.8. The summed E-state index contributed by atoms with van der Waals surface area (Å²) in [5.41, 5.74) is 0.621. The van der Waals surface area contributed by atoms with Crippen molar-refractivity contribution in [2.75, 3.05) is 13.1 Å². The van der Waals surface area contributed by atoms with Crippen molar-refractivity contribution in [2.45, 2.75) is 52.5 Å². The zero-order chi connectivity index (χ0) is 16.6. The average molecular weight is 319 g/mol. The van der Waals surface area contributed by atoms with E-state index >= 15 is 0 Å². The lowest BCUT2D eigenvalue weighted by Gasteiger charge is -2.23. The highest BCUT2D eigenvalue weighted by Gasteiger charge is 2.55. The molecular weight excluding hydrogens is 294 g/mol. The first-order valence-electron chi connectivity index (χ1n) is 8.54. The van der Waals surface area contributed by atoms with Crippen LogP contribution in [-0.4, -0.2) is 44.8 Å². The Hall–Kier alpha value is -1.85. The number of likely N-dealkylation sites (tertiary alicyclic amines) is 1. The third-order valence-corrected chi connectivity index (χ3v) is 5.50. The average Bonchev–Trinajstić information content (AvgIpc) is 3.16. The monoisotopic (exact) mass is 319 g/mol. The summed E-state index contributed by atoms with van der Waals surface area (Å²) in [7, 11) is 0. The van der Waals surface area contributed by atoms with Gasteiger partial charge in [-0.05, 0) is 32.1 Å². The predicted octanol–water partition coefficient (Wildman–Crippen LogP) is 2.32. The number of carbonyl (C=O) groups excluding carboxylic acids is 1. The van der Waals surface area contributed by atoms with Gasteiger partial charge in [-0.15, -0.1) is 0 Å². The third-order valence-electron chi connectivity index (χ3n) is 5.50. The summed E-state index contributed by atoms with van der Waals surface area (Å²) in [6.45, 7) is 5.68. The molecule has 1 saturated heterocycles. The Morgan fingerprint density at radius 2 is 2.26 bits per heavy atom. The minimum absolute atomic E-state index is 0.0692. The number of rotatable bonds is 5. The molecule has 6 nitrogen and oxygen atoms in total. The van der Waals surface area contributed by atoms with Crippen molar-refractivity contribution in [2.24, 2.45) is 11.3 Å². The molecule has 0 radical (unpaired) electrons. The predicted molar refractivity (Wildman–Crippen MR) is 85.2 cm³/mol. The standard InChI is InChI=1S/C17H25N3O3/c1-3-4-8-20-10-14(12(2)18-20)15(21)19-9-13-6-5-7-17(13,11-19)16(22)23/h10,13H,3-9,11H2,1-2H3,(H,22,23)/t13-,17+/m0/s1. The number of amides is 1. The van der Waals surface area contributed by atoms with Crippen LogP contribution in [0.1, 0.15) is 55.1 Å². The molecule has 0 unspecified atom stereocenters. The van der Waals surface area contributed by atoms with Gasteiger partial charge in [0.05, 0.1) is 16.7 Å². The Morgan fingerprint density at radius 1 is 1.48 bits per heavy atom. The summed E-state index contributed by atoms with van der Waals surface area (Å²) in [4.78, 5) is 26.3. The first kappa shape index (κ1) is 16.0. The highest BCUT2D eigenvalue weighted by Crippen LogP contribution is 2.49. The molecule has 1 amide bonds. The highest BCUT2D eigenvalue weighted by molar-refractivity contribution is 5.96. The molecule has 1 aliphatic heterocycles. The molecule has 1 N–H and O–H groups in total. The maximum absolute atomic E-state index is 12.8. The van der Waals surface area contributed by atoms with Gasteiger partial charge in [0.2, 0.25) is 0 Å². The van der Waals surface area contributed by atoms with E-state index in [9.17, 15) is 14.7 Å². The minimum Gasteiger partial charge on any atom is -0.481 e. The van der Waals surface area contributed by atoms with Gasteiger partial charge in [0.15, 0.2) is 0 Å². The van der Waals surface area contributed by atoms with Crippen molar-refractivity contribution >= 4 is 11.9 Å². The summed E-state index contributed by atoms with van der Waals surface area (Å²) in [6.07, 6.45) is 6.47. The lowest BCUT2D eigenvalue weighted by Crippen LogP contribution is -2.37. The summed E-state index contributed by atoms with van der Waals surface area (Å²) in [6, 6.07) is 0. The molecule has 2 heterocycles. The van der Waals surface area contributed by atoms with Crippen molar-refractivity contribution in [3.8, 4) is 0 Å². The van der Waals surface area contributed by atoms with Gasteiger partial charge >= 0.3 is 5.97 Å². The second-order valence-corrected chi connectivity index (χ2v) is 6.98. The van der Waals surface area contributed by atoms with Crippen LogP contribution in [-0.2, 0) is 11.3 Å². The van der Waals surface area contributed by atoms with Crippen molar-refractivity contribution in [3.63, 3.8) is 0 Å². The van der Waals surface area contributed by atoms with E-state index in [1.807, 2.05) is 17.8 Å². The zero-order valence-corrected chi connectivity index (χ0v) is 13.9.